The third-order valence-corrected chi connectivity index (χ3v) is 4.97. The predicted molar refractivity (Wildman–Crippen MR) is 106 cm³/mol. The third-order valence-electron chi connectivity index (χ3n) is 4.97. The molecule has 0 aliphatic carbocycles. The van der Waals surface area contributed by atoms with Crippen molar-refractivity contribution in [3.05, 3.63) is 59.4 Å². The summed E-state index contributed by atoms with van der Waals surface area (Å²) in [5.74, 6) is 0.885. The highest BCUT2D eigenvalue weighted by atomic mass is 19.1. The minimum atomic E-state index is -0.212. The van der Waals surface area contributed by atoms with Crippen LogP contribution in [0, 0.1) is 5.82 Å². The molecule has 0 bridgehead atoms. The highest BCUT2D eigenvalue weighted by molar-refractivity contribution is 5.95. The molecular formula is C22H27FN2O3. The Bertz CT molecular complexity index is 787. The lowest BCUT2D eigenvalue weighted by Crippen LogP contribution is -2.44. The van der Waals surface area contributed by atoms with Gasteiger partial charge in [0.25, 0.3) is 5.91 Å². The molecule has 1 amide bonds. The van der Waals surface area contributed by atoms with E-state index in [1.807, 2.05) is 19.1 Å². The van der Waals surface area contributed by atoms with Gasteiger partial charge in [-0.2, -0.15) is 0 Å². The van der Waals surface area contributed by atoms with E-state index < -0.39 is 0 Å². The third kappa shape index (κ3) is 5.23. The molecule has 3 rings (SSSR count). The van der Waals surface area contributed by atoms with Crippen LogP contribution in [0.5, 0.6) is 11.5 Å². The van der Waals surface area contributed by atoms with Gasteiger partial charge in [0.2, 0.25) is 0 Å². The lowest BCUT2D eigenvalue weighted by molar-refractivity contribution is 0.0908. The van der Waals surface area contributed by atoms with Gasteiger partial charge in [0, 0.05) is 31.2 Å². The Labute approximate surface area is 165 Å². The van der Waals surface area contributed by atoms with Gasteiger partial charge in [-0.25, -0.2) is 4.39 Å². The molecule has 28 heavy (non-hydrogen) atoms. The van der Waals surface area contributed by atoms with Crippen molar-refractivity contribution in [1.29, 1.82) is 0 Å². The molecule has 2 aromatic rings. The summed E-state index contributed by atoms with van der Waals surface area (Å²) in [6.45, 7) is 5.00. The topological polar surface area (TPSA) is 50.8 Å². The van der Waals surface area contributed by atoms with Crippen LogP contribution in [-0.2, 0) is 6.54 Å². The highest BCUT2D eigenvalue weighted by Crippen LogP contribution is 2.28. The number of rotatable bonds is 7. The molecule has 5 nitrogen and oxygen atoms in total. The summed E-state index contributed by atoms with van der Waals surface area (Å²) in [5.41, 5.74) is 1.67. The van der Waals surface area contributed by atoms with E-state index in [2.05, 4.69) is 10.2 Å². The van der Waals surface area contributed by atoms with Crippen molar-refractivity contribution < 1.29 is 18.7 Å². The molecule has 1 heterocycles. The standard InChI is InChI=1S/C22H27FN2O3/c1-3-28-21-14-17(6-9-20(21)27-2)22(26)24-19-10-12-25(13-11-19)15-16-4-7-18(23)8-5-16/h4-9,14,19H,3,10-13,15H2,1-2H3,(H,24,26). The van der Waals surface area contributed by atoms with Crippen molar-refractivity contribution in [3.63, 3.8) is 0 Å². The predicted octanol–water partition coefficient (Wildman–Crippen LogP) is 3.63. The van der Waals surface area contributed by atoms with E-state index in [1.165, 1.54) is 12.1 Å². The fourth-order valence-corrected chi connectivity index (χ4v) is 3.44. The van der Waals surface area contributed by atoms with E-state index in [9.17, 15) is 9.18 Å². The maximum absolute atomic E-state index is 13.0. The number of piperidine rings is 1. The number of carbonyl (C=O) groups excluding carboxylic acids is 1. The summed E-state index contributed by atoms with van der Waals surface area (Å²) in [4.78, 5) is 14.9. The van der Waals surface area contributed by atoms with Crippen LogP contribution in [0.25, 0.3) is 0 Å². The Morgan fingerprint density at radius 1 is 1.14 bits per heavy atom. The number of halogens is 1. The Morgan fingerprint density at radius 2 is 1.86 bits per heavy atom. The summed E-state index contributed by atoms with van der Waals surface area (Å²) in [6, 6.07) is 12.0. The Morgan fingerprint density at radius 3 is 2.50 bits per heavy atom. The molecule has 1 fully saturated rings. The van der Waals surface area contributed by atoms with Gasteiger partial charge in [-0.3, -0.25) is 9.69 Å². The van der Waals surface area contributed by atoms with Gasteiger partial charge in [0.15, 0.2) is 11.5 Å². The maximum atomic E-state index is 13.0. The van der Waals surface area contributed by atoms with E-state index in [4.69, 9.17) is 9.47 Å². The van der Waals surface area contributed by atoms with E-state index in [0.717, 1.165) is 38.0 Å². The number of ether oxygens (including phenoxy) is 2. The molecule has 0 saturated carbocycles. The zero-order valence-electron chi connectivity index (χ0n) is 16.4. The number of amides is 1. The Balaban J connectivity index is 1.52. The molecule has 1 saturated heterocycles. The average Bonchev–Trinajstić information content (AvgIpc) is 2.71. The Hall–Kier alpha value is -2.60. The van der Waals surface area contributed by atoms with Crippen molar-refractivity contribution in [3.8, 4) is 11.5 Å². The maximum Gasteiger partial charge on any atom is 0.251 e. The van der Waals surface area contributed by atoms with Crippen LogP contribution in [0.4, 0.5) is 4.39 Å². The molecule has 1 aliphatic heterocycles. The van der Waals surface area contributed by atoms with Crippen molar-refractivity contribution in [2.75, 3.05) is 26.8 Å². The Kier molecular flexibility index (Phi) is 6.87. The van der Waals surface area contributed by atoms with Crippen molar-refractivity contribution >= 4 is 5.91 Å². The van der Waals surface area contributed by atoms with E-state index in [0.29, 0.717) is 23.7 Å². The quantitative estimate of drug-likeness (QED) is 0.790. The van der Waals surface area contributed by atoms with Gasteiger partial charge >= 0.3 is 0 Å². The minimum absolute atomic E-state index is 0.0967. The highest BCUT2D eigenvalue weighted by Gasteiger charge is 2.22. The molecular weight excluding hydrogens is 359 g/mol. The molecule has 6 heteroatoms. The zero-order chi connectivity index (χ0) is 19.9. The van der Waals surface area contributed by atoms with Crippen LogP contribution in [0.15, 0.2) is 42.5 Å². The largest absolute Gasteiger partial charge is 0.493 e. The number of carbonyl (C=O) groups is 1. The molecule has 2 aromatic carbocycles. The first-order chi connectivity index (χ1) is 13.6. The number of nitrogens with one attached hydrogen (secondary N) is 1. The van der Waals surface area contributed by atoms with Gasteiger partial charge in [-0.1, -0.05) is 12.1 Å². The van der Waals surface area contributed by atoms with Crippen LogP contribution in [-0.4, -0.2) is 43.7 Å². The SMILES string of the molecule is CCOc1cc(C(=O)NC2CCN(Cc3ccc(F)cc3)CC2)ccc1OC. The number of methoxy groups -OCH3 is 1. The molecule has 0 unspecified atom stereocenters. The number of likely N-dealkylation sites (tertiary alicyclic amines) is 1. The van der Waals surface area contributed by atoms with E-state index >= 15 is 0 Å². The second-order valence-corrected chi connectivity index (χ2v) is 6.95. The molecule has 0 radical (unpaired) electrons. The summed E-state index contributed by atoms with van der Waals surface area (Å²) in [7, 11) is 1.58. The summed E-state index contributed by atoms with van der Waals surface area (Å²) in [6.07, 6.45) is 1.78. The van der Waals surface area contributed by atoms with Gasteiger partial charge in [-0.05, 0) is 55.7 Å². The van der Waals surface area contributed by atoms with E-state index in [-0.39, 0.29) is 17.8 Å². The van der Waals surface area contributed by atoms with Crippen LogP contribution >= 0.6 is 0 Å². The first-order valence-corrected chi connectivity index (χ1v) is 9.67. The lowest BCUT2D eigenvalue weighted by Gasteiger charge is -2.32. The molecule has 0 aromatic heterocycles. The van der Waals surface area contributed by atoms with Crippen LogP contribution in [0.1, 0.15) is 35.7 Å². The van der Waals surface area contributed by atoms with Crippen molar-refractivity contribution in [1.82, 2.24) is 10.2 Å². The monoisotopic (exact) mass is 386 g/mol. The van der Waals surface area contributed by atoms with Crippen LogP contribution in [0.2, 0.25) is 0 Å². The summed E-state index contributed by atoms with van der Waals surface area (Å²) < 4.78 is 23.8. The second-order valence-electron chi connectivity index (χ2n) is 6.95. The lowest BCUT2D eigenvalue weighted by atomic mass is 10.0. The zero-order valence-corrected chi connectivity index (χ0v) is 16.4. The van der Waals surface area contributed by atoms with Gasteiger partial charge < -0.3 is 14.8 Å². The van der Waals surface area contributed by atoms with Crippen molar-refractivity contribution in [2.45, 2.75) is 32.4 Å². The van der Waals surface area contributed by atoms with Gasteiger partial charge in [0.05, 0.1) is 13.7 Å². The fraction of sp³-hybridized carbons (Fsp3) is 0.409. The fourth-order valence-electron chi connectivity index (χ4n) is 3.44. The number of hydrogen-bond acceptors (Lipinski definition) is 4. The van der Waals surface area contributed by atoms with Crippen LogP contribution < -0.4 is 14.8 Å². The first-order valence-electron chi connectivity index (χ1n) is 9.67. The first kappa shape index (κ1) is 20.1. The number of nitrogens with zero attached hydrogens (tertiary/aromatic N) is 1. The van der Waals surface area contributed by atoms with Gasteiger partial charge in [-0.15, -0.1) is 0 Å². The minimum Gasteiger partial charge on any atom is -0.493 e. The van der Waals surface area contributed by atoms with Gasteiger partial charge in [0.1, 0.15) is 5.82 Å². The summed E-state index contributed by atoms with van der Waals surface area (Å²) in [5, 5.41) is 3.12. The number of benzene rings is 2. The molecule has 1 N–H and O–H groups in total. The van der Waals surface area contributed by atoms with Crippen molar-refractivity contribution in [2.24, 2.45) is 0 Å². The van der Waals surface area contributed by atoms with Crippen LogP contribution in [0.3, 0.4) is 0 Å². The molecule has 1 aliphatic rings. The number of hydrogen-bond donors (Lipinski definition) is 1. The second kappa shape index (κ2) is 9.55. The normalized spacial score (nSPS) is 15.2. The molecule has 150 valence electrons. The summed E-state index contributed by atoms with van der Waals surface area (Å²) >= 11 is 0. The average molecular weight is 386 g/mol. The molecule has 0 spiro atoms. The smallest absolute Gasteiger partial charge is 0.251 e. The van der Waals surface area contributed by atoms with E-state index in [1.54, 1.807) is 25.3 Å². The molecule has 0 atom stereocenters.